The van der Waals surface area contributed by atoms with E-state index in [-0.39, 0.29) is 19.4 Å². The molecule has 1 atom stereocenters. The van der Waals surface area contributed by atoms with Crippen LogP contribution in [-0.4, -0.2) is 32.2 Å². The van der Waals surface area contributed by atoms with Gasteiger partial charge in [0.15, 0.2) is 0 Å². The van der Waals surface area contributed by atoms with Gasteiger partial charge in [-0.3, -0.25) is 4.79 Å². The van der Waals surface area contributed by atoms with Gasteiger partial charge in [-0.05, 0) is 18.4 Å². The van der Waals surface area contributed by atoms with Crippen LogP contribution in [0.3, 0.4) is 0 Å². The second kappa shape index (κ2) is 5.25. The Morgan fingerprint density at radius 2 is 2.05 bits per heavy atom. The quantitative estimate of drug-likeness (QED) is 0.791. The largest absolute Gasteiger partial charge is 0.468 e. The smallest absolute Gasteiger partial charge is 0.318 e. The molecule has 104 valence electrons. The van der Waals surface area contributed by atoms with Gasteiger partial charge in [-0.15, -0.1) is 0 Å². The molecule has 1 heterocycles. The Labute approximate surface area is 110 Å². The van der Waals surface area contributed by atoms with Crippen LogP contribution in [0.15, 0.2) is 30.3 Å². The van der Waals surface area contributed by atoms with Crippen molar-refractivity contribution in [2.45, 2.75) is 18.8 Å². The average molecular weight is 270 g/mol. The minimum absolute atomic E-state index is 0.0401. The first-order chi connectivity index (χ1) is 9.02. The predicted octanol–water partition coefficient (Wildman–Crippen LogP) is 2.44. The maximum atomic E-state index is 14.2. The van der Waals surface area contributed by atoms with Crippen molar-refractivity contribution in [1.82, 2.24) is 0 Å². The summed E-state index contributed by atoms with van der Waals surface area (Å²) in [5.41, 5.74) is -1.14. The summed E-state index contributed by atoms with van der Waals surface area (Å²) in [6, 6.07) is 8.79. The van der Waals surface area contributed by atoms with Crippen LogP contribution in [0.25, 0.3) is 0 Å². The van der Waals surface area contributed by atoms with Crippen LogP contribution in [0.1, 0.15) is 12.0 Å². The van der Waals surface area contributed by atoms with E-state index in [9.17, 15) is 13.6 Å². The van der Waals surface area contributed by atoms with Gasteiger partial charge >= 0.3 is 5.97 Å². The molecule has 0 spiro atoms. The summed E-state index contributed by atoms with van der Waals surface area (Å²) in [5.74, 6) is -4.10. The molecule has 0 N–H and O–H groups in total. The summed E-state index contributed by atoms with van der Waals surface area (Å²) in [6.07, 6.45) is -0.0849. The molecular formula is C14H16F2O3. The van der Waals surface area contributed by atoms with Crippen molar-refractivity contribution in [3.8, 4) is 0 Å². The zero-order valence-electron chi connectivity index (χ0n) is 10.7. The molecule has 0 saturated carbocycles. The number of hydrogen-bond acceptors (Lipinski definition) is 3. The molecule has 0 aromatic heterocycles. The molecule has 3 nitrogen and oxygen atoms in total. The molecule has 1 unspecified atom stereocenters. The molecule has 19 heavy (non-hydrogen) atoms. The Balaban J connectivity index is 2.37. The van der Waals surface area contributed by atoms with E-state index in [4.69, 9.17) is 4.74 Å². The van der Waals surface area contributed by atoms with Crippen LogP contribution in [0.4, 0.5) is 8.78 Å². The lowest BCUT2D eigenvalue weighted by Crippen LogP contribution is -2.55. The van der Waals surface area contributed by atoms with Gasteiger partial charge in [0.1, 0.15) is 12.0 Å². The fraction of sp³-hybridized carbons (Fsp3) is 0.500. The van der Waals surface area contributed by atoms with Crippen molar-refractivity contribution in [2.75, 3.05) is 20.3 Å². The van der Waals surface area contributed by atoms with E-state index in [0.29, 0.717) is 5.56 Å². The molecule has 1 aromatic carbocycles. The highest BCUT2D eigenvalue weighted by molar-refractivity contribution is 5.78. The molecular weight excluding hydrogens is 254 g/mol. The van der Waals surface area contributed by atoms with Gasteiger partial charge in [0, 0.05) is 6.61 Å². The first kappa shape index (κ1) is 13.9. The van der Waals surface area contributed by atoms with E-state index < -0.39 is 23.9 Å². The number of esters is 1. The number of carbonyl (C=O) groups excluding carboxylic acids is 1. The van der Waals surface area contributed by atoms with E-state index in [0.717, 1.165) is 7.11 Å². The normalized spacial score (nSPS) is 25.8. The van der Waals surface area contributed by atoms with Crippen molar-refractivity contribution >= 4 is 5.97 Å². The van der Waals surface area contributed by atoms with Gasteiger partial charge in [0.2, 0.25) is 0 Å². The topological polar surface area (TPSA) is 35.5 Å². The Morgan fingerprint density at radius 3 is 2.63 bits per heavy atom. The summed E-state index contributed by atoms with van der Waals surface area (Å²) in [6.45, 7) is -0.605. The van der Waals surface area contributed by atoms with E-state index in [2.05, 4.69) is 4.74 Å². The standard InChI is InChI=1S/C14H16F2O3/c1-18-12(17)13(7-8-19-10-14(13,15)16)9-11-5-3-2-4-6-11/h2-6H,7-10H2,1H3. The lowest BCUT2D eigenvalue weighted by atomic mass is 9.72. The van der Waals surface area contributed by atoms with Gasteiger partial charge in [0.25, 0.3) is 5.92 Å². The van der Waals surface area contributed by atoms with Crippen molar-refractivity contribution in [2.24, 2.45) is 5.41 Å². The van der Waals surface area contributed by atoms with Gasteiger partial charge in [-0.1, -0.05) is 30.3 Å². The number of hydrogen-bond donors (Lipinski definition) is 0. The Hall–Kier alpha value is -1.49. The fourth-order valence-corrected chi connectivity index (χ4v) is 2.45. The summed E-state index contributed by atoms with van der Waals surface area (Å²) >= 11 is 0. The van der Waals surface area contributed by atoms with Crippen molar-refractivity contribution < 1.29 is 23.0 Å². The molecule has 2 rings (SSSR count). The van der Waals surface area contributed by atoms with Crippen LogP contribution in [-0.2, 0) is 20.7 Å². The van der Waals surface area contributed by atoms with Crippen LogP contribution >= 0.6 is 0 Å². The van der Waals surface area contributed by atoms with Crippen LogP contribution in [0, 0.1) is 5.41 Å². The molecule has 1 aliphatic heterocycles. The van der Waals surface area contributed by atoms with Crippen molar-refractivity contribution in [3.05, 3.63) is 35.9 Å². The maximum Gasteiger partial charge on any atom is 0.318 e. The molecule has 0 bridgehead atoms. The van der Waals surface area contributed by atoms with Crippen LogP contribution in [0.5, 0.6) is 0 Å². The Kier molecular flexibility index (Phi) is 3.85. The first-order valence-electron chi connectivity index (χ1n) is 6.10. The van der Waals surface area contributed by atoms with Gasteiger partial charge in [0.05, 0.1) is 7.11 Å². The Bertz CT molecular complexity index is 447. The zero-order chi connectivity index (χ0) is 13.9. The van der Waals surface area contributed by atoms with Gasteiger partial charge < -0.3 is 9.47 Å². The number of halogens is 2. The fourth-order valence-electron chi connectivity index (χ4n) is 2.45. The number of benzene rings is 1. The number of ether oxygens (including phenoxy) is 2. The minimum Gasteiger partial charge on any atom is -0.468 e. The molecule has 1 aromatic rings. The lowest BCUT2D eigenvalue weighted by Gasteiger charge is -2.41. The monoisotopic (exact) mass is 270 g/mol. The molecule has 1 saturated heterocycles. The summed E-state index contributed by atoms with van der Waals surface area (Å²) < 4.78 is 37.9. The van der Waals surface area contributed by atoms with Gasteiger partial charge in [-0.2, -0.15) is 0 Å². The molecule has 1 fully saturated rings. The number of rotatable bonds is 3. The van der Waals surface area contributed by atoms with Gasteiger partial charge in [-0.25, -0.2) is 8.78 Å². The predicted molar refractivity (Wildman–Crippen MR) is 65.0 cm³/mol. The molecule has 0 amide bonds. The molecule has 1 aliphatic rings. The summed E-state index contributed by atoms with van der Waals surface area (Å²) in [7, 11) is 1.14. The maximum absolute atomic E-state index is 14.2. The highest BCUT2D eigenvalue weighted by Crippen LogP contribution is 2.46. The second-order valence-corrected chi connectivity index (χ2v) is 4.74. The van der Waals surface area contributed by atoms with E-state index in [1.807, 2.05) is 0 Å². The highest BCUT2D eigenvalue weighted by atomic mass is 19.3. The number of carbonyl (C=O) groups is 1. The van der Waals surface area contributed by atoms with Crippen molar-refractivity contribution in [1.29, 1.82) is 0 Å². The van der Waals surface area contributed by atoms with Crippen molar-refractivity contribution in [3.63, 3.8) is 0 Å². The number of methoxy groups -OCH3 is 1. The Morgan fingerprint density at radius 1 is 1.37 bits per heavy atom. The SMILES string of the molecule is COC(=O)C1(Cc2ccccc2)CCOCC1(F)F. The lowest BCUT2D eigenvalue weighted by molar-refractivity contribution is -0.220. The second-order valence-electron chi connectivity index (χ2n) is 4.74. The average Bonchev–Trinajstić information content (AvgIpc) is 2.41. The van der Waals surface area contributed by atoms with E-state index in [1.165, 1.54) is 0 Å². The van der Waals surface area contributed by atoms with Crippen LogP contribution in [0.2, 0.25) is 0 Å². The third-order valence-electron chi connectivity index (χ3n) is 3.58. The summed E-state index contributed by atoms with van der Waals surface area (Å²) in [4.78, 5) is 12.0. The minimum atomic E-state index is -3.23. The van der Waals surface area contributed by atoms with E-state index in [1.54, 1.807) is 30.3 Å². The molecule has 5 heteroatoms. The summed E-state index contributed by atoms with van der Waals surface area (Å²) in [5, 5.41) is 0. The van der Waals surface area contributed by atoms with E-state index >= 15 is 0 Å². The molecule has 0 aliphatic carbocycles. The third-order valence-corrected chi connectivity index (χ3v) is 3.58. The molecule has 0 radical (unpaired) electrons. The first-order valence-corrected chi connectivity index (χ1v) is 6.10. The van der Waals surface area contributed by atoms with Crippen LogP contribution < -0.4 is 0 Å². The number of alkyl halides is 2. The third kappa shape index (κ3) is 2.47. The highest BCUT2D eigenvalue weighted by Gasteiger charge is 2.61. The zero-order valence-corrected chi connectivity index (χ0v) is 10.7.